The Hall–Kier alpha value is -2.27. The highest BCUT2D eigenvalue weighted by Crippen LogP contribution is 2.25. The van der Waals surface area contributed by atoms with Crippen LogP contribution in [-0.2, 0) is 0 Å². The van der Waals surface area contributed by atoms with Gasteiger partial charge in [0, 0.05) is 0 Å². The number of nitrogens with one attached hydrogen (secondary N) is 1. The van der Waals surface area contributed by atoms with Crippen molar-refractivity contribution in [1.29, 1.82) is 0 Å². The first-order valence-corrected chi connectivity index (χ1v) is 6.32. The van der Waals surface area contributed by atoms with Gasteiger partial charge in [0.2, 0.25) is 0 Å². The molecule has 3 aromatic rings. The quantitative estimate of drug-likeness (QED) is 0.727. The number of anilines is 2. The van der Waals surface area contributed by atoms with Gasteiger partial charge in [0.15, 0.2) is 5.82 Å². The number of aromatic nitrogens is 3. The predicted molar refractivity (Wildman–Crippen MR) is 76.8 cm³/mol. The fraction of sp³-hybridized carbons (Fsp3) is 0.0714. The number of rotatable bonds is 2. The molecule has 1 aromatic carbocycles. The second-order valence-corrected chi connectivity index (χ2v) is 4.67. The maximum absolute atomic E-state index is 14.0. The highest BCUT2D eigenvalue weighted by molar-refractivity contribution is 6.29. The molecule has 4 nitrogen and oxygen atoms in total. The van der Waals surface area contributed by atoms with Crippen LogP contribution in [0, 0.1) is 12.7 Å². The summed E-state index contributed by atoms with van der Waals surface area (Å²) in [5, 5.41) is 3.27. The molecular weight excluding hydrogens is 279 g/mol. The zero-order valence-electron chi connectivity index (χ0n) is 10.6. The average Bonchev–Trinajstić information content (AvgIpc) is 2.44. The smallest absolute Gasteiger partial charge is 0.160 e. The maximum atomic E-state index is 14.0. The molecular formula is C14H10ClFN4. The molecule has 0 saturated heterocycles. The molecule has 0 amide bonds. The topological polar surface area (TPSA) is 50.7 Å². The summed E-state index contributed by atoms with van der Waals surface area (Å²) in [6, 6.07) is 8.50. The second-order valence-electron chi connectivity index (χ2n) is 4.29. The Labute approximate surface area is 119 Å². The van der Waals surface area contributed by atoms with Crippen molar-refractivity contribution >= 4 is 34.1 Å². The molecule has 1 N–H and O–H groups in total. The first-order chi connectivity index (χ1) is 9.65. The Morgan fingerprint density at radius 1 is 1.15 bits per heavy atom. The fourth-order valence-corrected chi connectivity index (χ4v) is 2.03. The summed E-state index contributed by atoms with van der Waals surface area (Å²) in [6.07, 6.45) is 1.40. The van der Waals surface area contributed by atoms with Crippen LogP contribution in [0.25, 0.3) is 11.0 Å². The average molecular weight is 289 g/mol. The van der Waals surface area contributed by atoms with Gasteiger partial charge in [-0.2, -0.15) is 0 Å². The minimum absolute atomic E-state index is 0.318. The summed E-state index contributed by atoms with van der Waals surface area (Å²) in [5.74, 6) is 0.100. The summed E-state index contributed by atoms with van der Waals surface area (Å²) >= 11 is 5.88. The molecule has 0 aliphatic rings. The van der Waals surface area contributed by atoms with E-state index in [4.69, 9.17) is 11.6 Å². The highest BCUT2D eigenvalue weighted by atomic mass is 35.5. The minimum atomic E-state index is -0.318. The van der Waals surface area contributed by atoms with Crippen molar-refractivity contribution in [2.24, 2.45) is 0 Å². The molecule has 0 bridgehead atoms. The molecule has 0 saturated carbocycles. The monoisotopic (exact) mass is 288 g/mol. The molecule has 2 aromatic heterocycles. The number of aryl methyl sites for hydroxylation is 1. The van der Waals surface area contributed by atoms with Gasteiger partial charge < -0.3 is 5.32 Å². The summed E-state index contributed by atoms with van der Waals surface area (Å²) < 4.78 is 14.0. The molecule has 2 heterocycles. The standard InChI is InChI=1S/C14H10ClFN4/c1-8-3-2-4-9(12(8)16)19-14-13-10(17-7-18-14)5-6-11(15)20-13/h2-7H,1H3,(H,17,18,19). The zero-order chi connectivity index (χ0) is 14.1. The zero-order valence-corrected chi connectivity index (χ0v) is 11.3. The number of benzene rings is 1. The van der Waals surface area contributed by atoms with Crippen molar-refractivity contribution in [3.05, 3.63) is 53.2 Å². The second kappa shape index (κ2) is 5.02. The third-order valence-electron chi connectivity index (χ3n) is 2.89. The first kappa shape index (κ1) is 12.7. The van der Waals surface area contributed by atoms with Crippen LogP contribution < -0.4 is 5.32 Å². The summed E-state index contributed by atoms with van der Waals surface area (Å²) in [5.41, 5.74) is 2.03. The number of hydrogen-bond donors (Lipinski definition) is 1. The van der Waals surface area contributed by atoms with E-state index in [0.29, 0.717) is 33.3 Å². The minimum Gasteiger partial charge on any atom is -0.336 e. The molecule has 3 rings (SSSR count). The van der Waals surface area contributed by atoms with Crippen LogP contribution in [0.1, 0.15) is 5.56 Å². The lowest BCUT2D eigenvalue weighted by atomic mass is 10.2. The van der Waals surface area contributed by atoms with Crippen LogP contribution in [0.2, 0.25) is 5.15 Å². The van der Waals surface area contributed by atoms with Crippen molar-refractivity contribution < 1.29 is 4.39 Å². The van der Waals surface area contributed by atoms with Crippen molar-refractivity contribution in [2.45, 2.75) is 6.92 Å². The van der Waals surface area contributed by atoms with Gasteiger partial charge in [-0.25, -0.2) is 19.3 Å². The SMILES string of the molecule is Cc1cccc(Nc2ncnc3ccc(Cl)nc23)c1F. The van der Waals surface area contributed by atoms with Gasteiger partial charge in [-0.05, 0) is 30.7 Å². The van der Waals surface area contributed by atoms with E-state index < -0.39 is 0 Å². The van der Waals surface area contributed by atoms with Gasteiger partial charge in [-0.15, -0.1) is 0 Å². The lowest BCUT2D eigenvalue weighted by molar-refractivity contribution is 0.622. The fourth-order valence-electron chi connectivity index (χ4n) is 1.88. The van der Waals surface area contributed by atoms with Gasteiger partial charge in [-0.3, -0.25) is 0 Å². The number of pyridine rings is 1. The predicted octanol–water partition coefficient (Wildman–Crippen LogP) is 3.87. The van der Waals surface area contributed by atoms with Gasteiger partial charge in [0.25, 0.3) is 0 Å². The van der Waals surface area contributed by atoms with Crippen LogP contribution in [-0.4, -0.2) is 15.0 Å². The Morgan fingerprint density at radius 3 is 2.85 bits per heavy atom. The highest BCUT2D eigenvalue weighted by Gasteiger charge is 2.10. The molecule has 0 atom stereocenters. The molecule has 0 aliphatic heterocycles. The largest absolute Gasteiger partial charge is 0.336 e. The maximum Gasteiger partial charge on any atom is 0.160 e. The number of fused-ring (bicyclic) bond motifs is 1. The van der Waals surface area contributed by atoms with E-state index in [1.807, 2.05) is 0 Å². The van der Waals surface area contributed by atoms with E-state index in [1.165, 1.54) is 6.33 Å². The van der Waals surface area contributed by atoms with Crippen LogP contribution >= 0.6 is 11.6 Å². The number of halogens is 2. The van der Waals surface area contributed by atoms with E-state index in [9.17, 15) is 4.39 Å². The van der Waals surface area contributed by atoms with E-state index in [1.54, 1.807) is 37.3 Å². The Morgan fingerprint density at radius 2 is 2.00 bits per heavy atom. The Balaban J connectivity index is 2.11. The Kier molecular flexibility index (Phi) is 3.20. The van der Waals surface area contributed by atoms with Crippen molar-refractivity contribution in [1.82, 2.24) is 15.0 Å². The third kappa shape index (κ3) is 2.28. The van der Waals surface area contributed by atoms with Gasteiger partial charge >= 0.3 is 0 Å². The van der Waals surface area contributed by atoms with Gasteiger partial charge in [0.1, 0.15) is 22.8 Å². The summed E-state index contributed by atoms with van der Waals surface area (Å²) in [4.78, 5) is 12.4. The molecule has 6 heteroatoms. The molecule has 0 radical (unpaired) electrons. The summed E-state index contributed by atoms with van der Waals surface area (Å²) in [6.45, 7) is 1.70. The molecule has 20 heavy (non-hydrogen) atoms. The van der Waals surface area contributed by atoms with Gasteiger partial charge in [-0.1, -0.05) is 23.7 Å². The third-order valence-corrected chi connectivity index (χ3v) is 3.10. The molecule has 0 spiro atoms. The van der Waals surface area contributed by atoms with E-state index in [-0.39, 0.29) is 5.82 Å². The molecule has 0 aliphatic carbocycles. The van der Waals surface area contributed by atoms with E-state index >= 15 is 0 Å². The Bertz CT molecular complexity index is 791. The van der Waals surface area contributed by atoms with Crippen LogP contribution in [0.4, 0.5) is 15.9 Å². The van der Waals surface area contributed by atoms with Crippen molar-refractivity contribution in [3.63, 3.8) is 0 Å². The lowest BCUT2D eigenvalue weighted by Crippen LogP contribution is -2.00. The van der Waals surface area contributed by atoms with E-state index in [2.05, 4.69) is 20.3 Å². The lowest BCUT2D eigenvalue weighted by Gasteiger charge is -2.09. The molecule has 100 valence electrons. The van der Waals surface area contributed by atoms with E-state index in [0.717, 1.165) is 0 Å². The van der Waals surface area contributed by atoms with Crippen LogP contribution in [0.5, 0.6) is 0 Å². The molecule has 0 fully saturated rings. The van der Waals surface area contributed by atoms with Crippen LogP contribution in [0.15, 0.2) is 36.7 Å². The number of nitrogens with zero attached hydrogens (tertiary/aromatic N) is 3. The summed E-state index contributed by atoms with van der Waals surface area (Å²) in [7, 11) is 0. The van der Waals surface area contributed by atoms with Crippen molar-refractivity contribution in [2.75, 3.05) is 5.32 Å². The first-order valence-electron chi connectivity index (χ1n) is 5.94. The van der Waals surface area contributed by atoms with Crippen LogP contribution in [0.3, 0.4) is 0 Å². The van der Waals surface area contributed by atoms with Gasteiger partial charge in [0.05, 0.1) is 11.2 Å². The normalized spacial score (nSPS) is 10.8. The number of hydrogen-bond acceptors (Lipinski definition) is 4. The van der Waals surface area contributed by atoms with Crippen molar-refractivity contribution in [3.8, 4) is 0 Å². The molecule has 0 unspecified atom stereocenters.